The van der Waals surface area contributed by atoms with Crippen molar-refractivity contribution in [1.29, 1.82) is 0 Å². The molecule has 2 rings (SSSR count). The molecule has 1 heterocycles. The smallest absolute Gasteiger partial charge is 0.252 e. The topological polar surface area (TPSA) is 3.24 Å². The van der Waals surface area contributed by atoms with Crippen LogP contribution in [-0.4, -0.2) is 30.5 Å². The van der Waals surface area contributed by atoms with E-state index in [1.165, 1.54) is 12.8 Å². The monoisotopic (exact) mass is 161 g/mol. The summed E-state index contributed by atoms with van der Waals surface area (Å²) >= 11 is 0. The second kappa shape index (κ2) is 2.41. The van der Waals surface area contributed by atoms with Crippen molar-refractivity contribution in [2.45, 2.75) is 25.2 Å². The van der Waals surface area contributed by atoms with Gasteiger partial charge >= 0.3 is 0 Å². The van der Waals surface area contributed by atoms with Gasteiger partial charge in [-0.25, -0.2) is 8.78 Å². The van der Waals surface area contributed by atoms with Gasteiger partial charge in [0, 0.05) is 18.9 Å². The molecule has 1 aliphatic carbocycles. The zero-order chi connectivity index (χ0) is 7.90. The molecule has 2 aliphatic rings. The van der Waals surface area contributed by atoms with Gasteiger partial charge in [0.1, 0.15) is 0 Å². The Morgan fingerprint density at radius 3 is 2.27 bits per heavy atom. The van der Waals surface area contributed by atoms with Gasteiger partial charge in [-0.15, -0.1) is 0 Å². The maximum atomic E-state index is 12.4. The van der Waals surface area contributed by atoms with Gasteiger partial charge in [0.05, 0.1) is 0 Å². The molecule has 0 aromatic rings. The Bertz CT molecular complexity index is 149. The van der Waals surface area contributed by atoms with Gasteiger partial charge in [-0.3, -0.25) is 0 Å². The van der Waals surface area contributed by atoms with Crippen molar-refractivity contribution in [3.63, 3.8) is 0 Å². The number of halogens is 2. The Morgan fingerprint density at radius 2 is 1.82 bits per heavy atom. The SMILES string of the molecule is FC1(F)CC1CN1CCCC1. The van der Waals surface area contributed by atoms with Crippen LogP contribution in [0.4, 0.5) is 8.78 Å². The first kappa shape index (κ1) is 7.47. The molecule has 0 bridgehead atoms. The quantitative estimate of drug-likeness (QED) is 0.596. The Hall–Kier alpha value is -0.180. The average Bonchev–Trinajstić information content (AvgIpc) is 2.42. The molecule has 0 amide bonds. The number of rotatable bonds is 2. The maximum Gasteiger partial charge on any atom is 0.252 e. The first-order valence-corrected chi connectivity index (χ1v) is 4.29. The molecule has 0 aromatic carbocycles. The van der Waals surface area contributed by atoms with E-state index < -0.39 is 5.92 Å². The summed E-state index contributed by atoms with van der Waals surface area (Å²) < 4.78 is 24.8. The zero-order valence-electron chi connectivity index (χ0n) is 6.52. The fourth-order valence-corrected chi connectivity index (χ4v) is 1.74. The lowest BCUT2D eigenvalue weighted by molar-refractivity contribution is 0.0900. The van der Waals surface area contributed by atoms with Gasteiger partial charge in [-0.05, 0) is 25.9 Å². The minimum atomic E-state index is -2.32. The van der Waals surface area contributed by atoms with Gasteiger partial charge in [-0.1, -0.05) is 0 Å². The van der Waals surface area contributed by atoms with E-state index in [4.69, 9.17) is 0 Å². The second-order valence-electron chi connectivity index (χ2n) is 3.67. The highest BCUT2D eigenvalue weighted by molar-refractivity contribution is 4.97. The highest BCUT2D eigenvalue weighted by atomic mass is 19.3. The fourth-order valence-electron chi connectivity index (χ4n) is 1.74. The second-order valence-corrected chi connectivity index (χ2v) is 3.67. The molecule has 1 saturated carbocycles. The molecule has 11 heavy (non-hydrogen) atoms. The third-order valence-corrected chi connectivity index (χ3v) is 2.63. The number of nitrogens with zero attached hydrogens (tertiary/aromatic N) is 1. The molecule has 64 valence electrons. The van der Waals surface area contributed by atoms with Crippen molar-refractivity contribution < 1.29 is 8.78 Å². The highest BCUT2D eigenvalue weighted by Crippen LogP contribution is 2.49. The van der Waals surface area contributed by atoms with E-state index in [1.54, 1.807) is 0 Å². The molecule has 1 nitrogen and oxygen atoms in total. The van der Waals surface area contributed by atoms with E-state index in [9.17, 15) is 8.78 Å². The summed E-state index contributed by atoms with van der Waals surface area (Å²) in [6.45, 7) is 2.70. The van der Waals surface area contributed by atoms with E-state index in [2.05, 4.69) is 4.90 Å². The van der Waals surface area contributed by atoms with Gasteiger partial charge in [0.15, 0.2) is 0 Å². The largest absolute Gasteiger partial charge is 0.303 e. The van der Waals surface area contributed by atoms with Crippen LogP contribution in [0.5, 0.6) is 0 Å². The molecular formula is C8H13F2N. The van der Waals surface area contributed by atoms with Gasteiger partial charge in [0.25, 0.3) is 5.92 Å². The van der Waals surface area contributed by atoms with Crippen molar-refractivity contribution in [1.82, 2.24) is 4.90 Å². The third kappa shape index (κ3) is 1.53. The van der Waals surface area contributed by atoms with Gasteiger partial charge in [-0.2, -0.15) is 0 Å². The van der Waals surface area contributed by atoms with Gasteiger partial charge < -0.3 is 4.90 Å². The van der Waals surface area contributed by atoms with Crippen LogP contribution < -0.4 is 0 Å². The van der Waals surface area contributed by atoms with Crippen LogP contribution in [0.25, 0.3) is 0 Å². The normalized spacial score (nSPS) is 36.0. The molecule has 1 saturated heterocycles. The van der Waals surface area contributed by atoms with Crippen LogP contribution in [0.15, 0.2) is 0 Å². The van der Waals surface area contributed by atoms with E-state index in [1.807, 2.05) is 0 Å². The molecule has 1 unspecified atom stereocenters. The van der Waals surface area contributed by atoms with Crippen molar-refractivity contribution in [2.75, 3.05) is 19.6 Å². The number of hydrogen-bond donors (Lipinski definition) is 0. The summed E-state index contributed by atoms with van der Waals surface area (Å²) in [5, 5.41) is 0. The van der Waals surface area contributed by atoms with E-state index in [0.29, 0.717) is 6.54 Å². The summed E-state index contributed by atoms with van der Waals surface area (Å²) in [6.07, 6.45) is 2.51. The highest BCUT2D eigenvalue weighted by Gasteiger charge is 2.56. The Labute approximate surface area is 65.4 Å². The lowest BCUT2D eigenvalue weighted by Gasteiger charge is -2.12. The van der Waals surface area contributed by atoms with Crippen LogP contribution >= 0.6 is 0 Å². The molecule has 0 N–H and O–H groups in total. The average molecular weight is 161 g/mol. The summed E-state index contributed by atoms with van der Waals surface area (Å²) in [7, 11) is 0. The number of likely N-dealkylation sites (tertiary alicyclic amines) is 1. The third-order valence-electron chi connectivity index (χ3n) is 2.63. The molecule has 3 heteroatoms. The zero-order valence-corrected chi connectivity index (χ0v) is 6.52. The molecule has 1 atom stereocenters. The Morgan fingerprint density at radius 1 is 1.27 bits per heavy atom. The number of alkyl halides is 2. The van der Waals surface area contributed by atoms with E-state index in [-0.39, 0.29) is 12.3 Å². The standard InChI is InChI=1S/C8H13F2N/c9-8(10)5-7(8)6-11-3-1-2-4-11/h7H,1-6H2. The van der Waals surface area contributed by atoms with Crippen LogP contribution in [-0.2, 0) is 0 Å². The lowest BCUT2D eigenvalue weighted by atomic mass is 10.4. The van der Waals surface area contributed by atoms with Crippen molar-refractivity contribution in [3.05, 3.63) is 0 Å². The van der Waals surface area contributed by atoms with E-state index >= 15 is 0 Å². The number of hydrogen-bond acceptors (Lipinski definition) is 1. The molecule has 0 radical (unpaired) electrons. The Balaban J connectivity index is 1.75. The van der Waals surface area contributed by atoms with Crippen molar-refractivity contribution >= 4 is 0 Å². The van der Waals surface area contributed by atoms with Crippen LogP contribution in [0.3, 0.4) is 0 Å². The fraction of sp³-hybridized carbons (Fsp3) is 1.00. The minimum Gasteiger partial charge on any atom is -0.303 e. The summed E-state index contributed by atoms with van der Waals surface area (Å²) in [5.74, 6) is -2.64. The van der Waals surface area contributed by atoms with Gasteiger partial charge in [0.2, 0.25) is 0 Å². The first-order valence-electron chi connectivity index (χ1n) is 4.29. The maximum absolute atomic E-state index is 12.4. The van der Waals surface area contributed by atoms with E-state index in [0.717, 1.165) is 13.1 Å². The summed E-state index contributed by atoms with van der Waals surface area (Å²) in [4.78, 5) is 2.16. The molecular weight excluding hydrogens is 148 g/mol. The summed E-state index contributed by atoms with van der Waals surface area (Å²) in [5.41, 5.74) is 0. The van der Waals surface area contributed by atoms with Crippen molar-refractivity contribution in [2.24, 2.45) is 5.92 Å². The minimum absolute atomic E-state index is 0.128. The first-order chi connectivity index (χ1) is 5.18. The predicted molar refractivity (Wildman–Crippen MR) is 38.7 cm³/mol. The molecule has 2 fully saturated rings. The molecule has 0 aromatic heterocycles. The summed E-state index contributed by atoms with van der Waals surface area (Å²) in [6, 6.07) is 0. The van der Waals surface area contributed by atoms with Crippen LogP contribution in [0.1, 0.15) is 19.3 Å². The lowest BCUT2D eigenvalue weighted by Crippen LogP contribution is -2.23. The van der Waals surface area contributed by atoms with Crippen LogP contribution in [0, 0.1) is 5.92 Å². The van der Waals surface area contributed by atoms with Crippen molar-refractivity contribution in [3.8, 4) is 0 Å². The molecule has 0 spiro atoms. The van der Waals surface area contributed by atoms with Crippen LogP contribution in [0.2, 0.25) is 0 Å². The molecule has 1 aliphatic heterocycles. The predicted octanol–water partition coefficient (Wildman–Crippen LogP) is 1.74. The Kier molecular flexibility index (Phi) is 1.63.